The highest BCUT2D eigenvalue weighted by molar-refractivity contribution is 7.08. The Morgan fingerprint density at radius 2 is 1.50 bits per heavy atom. The Balaban J connectivity index is 1.87. The van der Waals surface area contributed by atoms with Crippen molar-refractivity contribution in [3.8, 4) is 22.4 Å². The zero-order valence-corrected chi connectivity index (χ0v) is 14.5. The fourth-order valence-electron chi connectivity index (χ4n) is 2.77. The van der Waals surface area contributed by atoms with E-state index in [1.807, 2.05) is 33.5 Å². The fourth-order valence-corrected chi connectivity index (χ4v) is 4.09. The lowest BCUT2D eigenvalue weighted by Gasteiger charge is -2.14. The first kappa shape index (κ1) is 15.1. The molecule has 3 aromatic heterocycles. The molecule has 0 radical (unpaired) electrons. The third kappa shape index (κ3) is 2.98. The van der Waals surface area contributed by atoms with E-state index in [0.717, 1.165) is 27.9 Å². The molecule has 0 amide bonds. The maximum Gasteiger partial charge on any atom is 0.251 e. The van der Waals surface area contributed by atoms with E-state index in [9.17, 15) is 4.79 Å². The van der Waals surface area contributed by atoms with Gasteiger partial charge in [-0.3, -0.25) is 4.79 Å². The Bertz CT molecular complexity index is 984. The third-order valence-corrected chi connectivity index (χ3v) is 5.35. The van der Waals surface area contributed by atoms with Gasteiger partial charge >= 0.3 is 0 Å². The topological polar surface area (TPSA) is 22.0 Å². The summed E-state index contributed by atoms with van der Waals surface area (Å²) in [5, 5.41) is 8.25. The smallest absolute Gasteiger partial charge is 0.251 e. The van der Waals surface area contributed by atoms with Crippen LogP contribution >= 0.6 is 22.7 Å². The van der Waals surface area contributed by atoms with Crippen LogP contribution in [0.3, 0.4) is 0 Å². The number of benzene rings is 1. The average Bonchev–Trinajstić information content (AvgIpc) is 3.31. The molecule has 1 aromatic carbocycles. The van der Waals surface area contributed by atoms with Crippen LogP contribution in [0.4, 0.5) is 0 Å². The second kappa shape index (κ2) is 6.59. The minimum Gasteiger partial charge on any atom is -0.304 e. The van der Waals surface area contributed by atoms with Gasteiger partial charge in [0.2, 0.25) is 0 Å². The van der Waals surface area contributed by atoms with Crippen molar-refractivity contribution >= 4 is 22.7 Å². The van der Waals surface area contributed by atoms with Gasteiger partial charge in [-0.2, -0.15) is 22.7 Å². The standard InChI is InChI=1S/C20H15NOS2/c22-20-11-18(16-6-8-23-13-16)10-19(17-7-9-24-14-17)21(20)12-15-4-2-1-3-5-15/h1-11,13-14H,12H2. The van der Waals surface area contributed by atoms with Gasteiger partial charge < -0.3 is 4.57 Å². The molecule has 0 saturated heterocycles. The summed E-state index contributed by atoms with van der Waals surface area (Å²) in [5.41, 5.74) is 5.29. The Morgan fingerprint density at radius 3 is 2.17 bits per heavy atom. The number of aromatic nitrogens is 1. The zero-order valence-electron chi connectivity index (χ0n) is 12.9. The van der Waals surface area contributed by atoms with Crippen LogP contribution in [0.1, 0.15) is 5.56 Å². The number of rotatable bonds is 4. The maximum atomic E-state index is 12.8. The zero-order chi connectivity index (χ0) is 16.4. The monoisotopic (exact) mass is 349 g/mol. The van der Waals surface area contributed by atoms with E-state index in [1.54, 1.807) is 28.7 Å². The van der Waals surface area contributed by atoms with Gasteiger partial charge in [-0.1, -0.05) is 30.3 Å². The van der Waals surface area contributed by atoms with Gasteiger partial charge in [0, 0.05) is 17.0 Å². The molecule has 0 atom stereocenters. The first-order chi connectivity index (χ1) is 11.8. The lowest BCUT2D eigenvalue weighted by molar-refractivity contribution is 0.769. The maximum absolute atomic E-state index is 12.8. The summed E-state index contributed by atoms with van der Waals surface area (Å²) in [7, 11) is 0. The van der Waals surface area contributed by atoms with Crippen molar-refractivity contribution in [3.05, 3.63) is 92.0 Å². The van der Waals surface area contributed by atoms with E-state index < -0.39 is 0 Å². The normalized spacial score (nSPS) is 10.8. The molecule has 0 aliphatic heterocycles. The Kier molecular flexibility index (Phi) is 4.15. The molecule has 118 valence electrons. The molecule has 0 bridgehead atoms. The van der Waals surface area contributed by atoms with E-state index in [0.29, 0.717) is 6.54 Å². The lowest BCUT2D eigenvalue weighted by Crippen LogP contribution is -2.21. The van der Waals surface area contributed by atoms with Crippen LogP contribution in [0.2, 0.25) is 0 Å². The molecule has 24 heavy (non-hydrogen) atoms. The van der Waals surface area contributed by atoms with Crippen molar-refractivity contribution in [2.24, 2.45) is 0 Å². The van der Waals surface area contributed by atoms with Crippen molar-refractivity contribution in [2.75, 3.05) is 0 Å². The molecule has 0 unspecified atom stereocenters. The summed E-state index contributed by atoms with van der Waals surface area (Å²) < 4.78 is 1.85. The predicted molar refractivity (Wildman–Crippen MR) is 103 cm³/mol. The molecule has 0 aliphatic rings. The molecule has 4 heteroatoms. The number of thiophene rings is 2. The van der Waals surface area contributed by atoms with Crippen LogP contribution in [0, 0.1) is 0 Å². The Hall–Kier alpha value is -2.43. The van der Waals surface area contributed by atoms with Crippen molar-refractivity contribution in [1.29, 1.82) is 0 Å². The van der Waals surface area contributed by atoms with Crippen molar-refractivity contribution < 1.29 is 0 Å². The first-order valence-corrected chi connectivity index (χ1v) is 9.54. The average molecular weight is 349 g/mol. The fraction of sp³-hybridized carbons (Fsp3) is 0.0500. The van der Waals surface area contributed by atoms with Crippen LogP contribution in [-0.2, 0) is 6.54 Å². The second-order valence-corrected chi connectivity index (χ2v) is 7.12. The van der Waals surface area contributed by atoms with Gasteiger partial charge in [-0.15, -0.1) is 0 Å². The van der Waals surface area contributed by atoms with Crippen LogP contribution < -0.4 is 5.56 Å². The lowest BCUT2D eigenvalue weighted by atomic mass is 10.1. The van der Waals surface area contributed by atoms with Gasteiger partial charge in [-0.05, 0) is 51.0 Å². The van der Waals surface area contributed by atoms with Gasteiger partial charge in [0.1, 0.15) is 0 Å². The number of hydrogen-bond donors (Lipinski definition) is 0. The van der Waals surface area contributed by atoms with E-state index in [2.05, 4.69) is 41.1 Å². The molecule has 0 saturated carbocycles. The Labute approximate surface area is 148 Å². The van der Waals surface area contributed by atoms with E-state index in [1.165, 1.54) is 0 Å². The summed E-state index contributed by atoms with van der Waals surface area (Å²) in [6.07, 6.45) is 0. The summed E-state index contributed by atoms with van der Waals surface area (Å²) in [6, 6.07) is 18.1. The van der Waals surface area contributed by atoms with Gasteiger partial charge in [0.15, 0.2) is 0 Å². The van der Waals surface area contributed by atoms with Crippen molar-refractivity contribution in [3.63, 3.8) is 0 Å². The molecule has 0 fully saturated rings. The van der Waals surface area contributed by atoms with E-state index in [-0.39, 0.29) is 5.56 Å². The number of pyridine rings is 1. The molecular weight excluding hydrogens is 334 g/mol. The summed E-state index contributed by atoms with van der Waals surface area (Å²) in [5.74, 6) is 0. The van der Waals surface area contributed by atoms with Crippen molar-refractivity contribution in [2.45, 2.75) is 6.54 Å². The van der Waals surface area contributed by atoms with Gasteiger partial charge in [0.05, 0.1) is 12.2 Å². The molecule has 0 N–H and O–H groups in total. The van der Waals surface area contributed by atoms with Crippen LogP contribution in [0.15, 0.2) is 80.9 Å². The first-order valence-electron chi connectivity index (χ1n) is 7.65. The number of hydrogen-bond acceptors (Lipinski definition) is 3. The highest BCUT2D eigenvalue weighted by atomic mass is 32.1. The highest BCUT2D eigenvalue weighted by Gasteiger charge is 2.11. The summed E-state index contributed by atoms with van der Waals surface area (Å²) in [4.78, 5) is 12.8. The van der Waals surface area contributed by atoms with E-state index in [4.69, 9.17) is 0 Å². The third-order valence-electron chi connectivity index (χ3n) is 3.98. The van der Waals surface area contributed by atoms with Gasteiger partial charge in [-0.25, -0.2) is 0 Å². The van der Waals surface area contributed by atoms with Crippen molar-refractivity contribution in [1.82, 2.24) is 4.57 Å². The van der Waals surface area contributed by atoms with Gasteiger partial charge in [0.25, 0.3) is 5.56 Å². The molecule has 0 aliphatic carbocycles. The molecule has 4 aromatic rings. The Morgan fingerprint density at radius 1 is 0.792 bits per heavy atom. The van der Waals surface area contributed by atoms with Crippen LogP contribution in [0.5, 0.6) is 0 Å². The van der Waals surface area contributed by atoms with Crippen LogP contribution in [-0.4, -0.2) is 4.57 Å². The largest absolute Gasteiger partial charge is 0.304 e. The molecule has 0 spiro atoms. The summed E-state index contributed by atoms with van der Waals surface area (Å²) >= 11 is 3.29. The molecular formula is C20H15NOS2. The predicted octanol–water partition coefficient (Wildman–Crippen LogP) is 5.35. The SMILES string of the molecule is O=c1cc(-c2ccsc2)cc(-c2ccsc2)n1Cc1ccccc1. The second-order valence-electron chi connectivity index (χ2n) is 5.56. The summed E-state index contributed by atoms with van der Waals surface area (Å²) in [6.45, 7) is 0.578. The minimum absolute atomic E-state index is 0.0313. The highest BCUT2D eigenvalue weighted by Crippen LogP contribution is 2.28. The molecule has 4 rings (SSSR count). The molecule has 2 nitrogen and oxygen atoms in total. The quantitative estimate of drug-likeness (QED) is 0.486. The van der Waals surface area contributed by atoms with Crippen LogP contribution in [0.25, 0.3) is 22.4 Å². The minimum atomic E-state index is 0.0313. The van der Waals surface area contributed by atoms with E-state index >= 15 is 0 Å². The number of nitrogens with zero attached hydrogens (tertiary/aromatic N) is 1. The molecule has 3 heterocycles.